The van der Waals surface area contributed by atoms with Crippen LogP contribution in [0.1, 0.15) is 38.2 Å². The zero-order valence-electron chi connectivity index (χ0n) is 10.5. The summed E-state index contributed by atoms with van der Waals surface area (Å²) < 4.78 is 0. The number of likely N-dealkylation sites (tertiary alicyclic amines) is 1. The van der Waals surface area contributed by atoms with Crippen molar-refractivity contribution in [2.75, 3.05) is 12.0 Å². The van der Waals surface area contributed by atoms with Crippen molar-refractivity contribution < 1.29 is 0 Å². The van der Waals surface area contributed by atoms with E-state index in [1.165, 1.54) is 37.8 Å². The first-order valence-electron chi connectivity index (χ1n) is 6.45. The van der Waals surface area contributed by atoms with Crippen LogP contribution in [0.3, 0.4) is 0 Å². The van der Waals surface area contributed by atoms with Crippen LogP contribution in [0.4, 0.5) is 5.82 Å². The molecule has 1 unspecified atom stereocenters. The van der Waals surface area contributed by atoms with Crippen LogP contribution in [0.5, 0.6) is 0 Å². The highest BCUT2D eigenvalue weighted by Gasteiger charge is 2.16. The highest BCUT2D eigenvalue weighted by Crippen LogP contribution is 2.18. The van der Waals surface area contributed by atoms with Gasteiger partial charge in [0.2, 0.25) is 0 Å². The fraction of sp³-hybridized carbons (Fsp3) is 0.615. The van der Waals surface area contributed by atoms with E-state index in [9.17, 15) is 0 Å². The summed E-state index contributed by atoms with van der Waals surface area (Å²) in [6.45, 7) is 4.53. The highest BCUT2D eigenvalue weighted by molar-refractivity contribution is 5.33. The Morgan fingerprint density at radius 2 is 2.29 bits per heavy atom. The molecule has 4 heteroatoms. The van der Waals surface area contributed by atoms with Gasteiger partial charge in [-0.05, 0) is 37.9 Å². The second kappa shape index (κ2) is 5.98. The second-order valence-corrected chi connectivity index (χ2v) is 4.86. The molecule has 0 spiro atoms. The third-order valence-electron chi connectivity index (χ3n) is 3.55. The molecule has 1 saturated heterocycles. The number of pyridine rings is 1. The van der Waals surface area contributed by atoms with E-state index in [4.69, 9.17) is 5.84 Å². The average Bonchev–Trinajstić information content (AvgIpc) is 2.56. The maximum atomic E-state index is 5.30. The minimum atomic E-state index is 0.685. The molecule has 0 radical (unpaired) electrons. The number of anilines is 1. The van der Waals surface area contributed by atoms with Crippen molar-refractivity contribution in [1.82, 2.24) is 9.88 Å². The van der Waals surface area contributed by atoms with Gasteiger partial charge >= 0.3 is 0 Å². The van der Waals surface area contributed by atoms with Gasteiger partial charge in [0.25, 0.3) is 0 Å². The third-order valence-corrected chi connectivity index (χ3v) is 3.55. The van der Waals surface area contributed by atoms with Gasteiger partial charge in [-0.1, -0.05) is 18.9 Å². The number of hydrazine groups is 1. The number of rotatable bonds is 3. The Hall–Kier alpha value is -1.13. The third kappa shape index (κ3) is 3.41. The SMILES string of the molecule is CC1CCCCCN1Cc1ccc(NN)nc1. The van der Waals surface area contributed by atoms with Crippen LogP contribution in [-0.4, -0.2) is 22.5 Å². The van der Waals surface area contributed by atoms with E-state index in [1.54, 1.807) is 0 Å². The molecule has 2 heterocycles. The van der Waals surface area contributed by atoms with Gasteiger partial charge < -0.3 is 5.43 Å². The van der Waals surface area contributed by atoms with Crippen molar-refractivity contribution in [2.24, 2.45) is 5.84 Å². The molecule has 0 saturated carbocycles. The Labute approximate surface area is 103 Å². The molecule has 3 N–H and O–H groups in total. The van der Waals surface area contributed by atoms with Gasteiger partial charge in [-0.15, -0.1) is 0 Å². The molecule has 1 aromatic rings. The van der Waals surface area contributed by atoms with Gasteiger partial charge in [-0.2, -0.15) is 0 Å². The van der Waals surface area contributed by atoms with E-state index in [0.717, 1.165) is 12.4 Å². The molecular formula is C13H22N4. The Bertz CT molecular complexity index is 336. The van der Waals surface area contributed by atoms with Crippen molar-refractivity contribution >= 4 is 5.82 Å². The summed E-state index contributed by atoms with van der Waals surface area (Å²) in [5.41, 5.74) is 3.81. The summed E-state index contributed by atoms with van der Waals surface area (Å²) >= 11 is 0. The first kappa shape index (κ1) is 12.3. The number of aromatic nitrogens is 1. The normalized spacial score (nSPS) is 22.1. The molecule has 2 rings (SSSR count). The summed E-state index contributed by atoms with van der Waals surface area (Å²) in [5.74, 6) is 6.02. The fourth-order valence-corrected chi connectivity index (χ4v) is 2.41. The molecule has 1 aliphatic heterocycles. The molecule has 1 aliphatic rings. The number of hydrogen-bond acceptors (Lipinski definition) is 4. The topological polar surface area (TPSA) is 54.2 Å². The first-order valence-corrected chi connectivity index (χ1v) is 6.45. The maximum absolute atomic E-state index is 5.30. The molecule has 4 nitrogen and oxygen atoms in total. The lowest BCUT2D eigenvalue weighted by atomic mass is 10.1. The number of nitrogens with zero attached hydrogens (tertiary/aromatic N) is 2. The van der Waals surface area contributed by atoms with Gasteiger partial charge in [0.05, 0.1) is 0 Å². The van der Waals surface area contributed by atoms with Crippen LogP contribution >= 0.6 is 0 Å². The van der Waals surface area contributed by atoms with Crippen molar-refractivity contribution in [1.29, 1.82) is 0 Å². The smallest absolute Gasteiger partial charge is 0.139 e. The van der Waals surface area contributed by atoms with E-state index >= 15 is 0 Å². The number of hydrogen-bond donors (Lipinski definition) is 2. The predicted octanol–water partition coefficient (Wildman–Crippen LogP) is 2.13. The summed E-state index contributed by atoms with van der Waals surface area (Å²) in [6, 6.07) is 4.71. The summed E-state index contributed by atoms with van der Waals surface area (Å²) in [6.07, 6.45) is 7.28. The van der Waals surface area contributed by atoms with Crippen LogP contribution < -0.4 is 11.3 Å². The van der Waals surface area contributed by atoms with E-state index in [1.807, 2.05) is 12.3 Å². The van der Waals surface area contributed by atoms with E-state index in [0.29, 0.717) is 6.04 Å². The van der Waals surface area contributed by atoms with Gasteiger partial charge in [0, 0.05) is 18.8 Å². The number of nitrogen functional groups attached to an aromatic ring is 1. The molecule has 1 aromatic heterocycles. The van der Waals surface area contributed by atoms with Crippen molar-refractivity contribution in [3.05, 3.63) is 23.9 Å². The Balaban J connectivity index is 1.98. The molecule has 17 heavy (non-hydrogen) atoms. The molecular weight excluding hydrogens is 212 g/mol. The standard InChI is InChI=1S/C13H22N4/c1-11-5-3-2-4-8-17(11)10-12-6-7-13(16-14)15-9-12/h6-7,9,11H,2-5,8,10,14H2,1H3,(H,15,16). The van der Waals surface area contributed by atoms with Gasteiger partial charge in [0.1, 0.15) is 5.82 Å². The van der Waals surface area contributed by atoms with Crippen LogP contribution in [0.25, 0.3) is 0 Å². The summed E-state index contributed by atoms with van der Waals surface area (Å²) in [4.78, 5) is 6.80. The second-order valence-electron chi connectivity index (χ2n) is 4.86. The Kier molecular flexibility index (Phi) is 4.34. The van der Waals surface area contributed by atoms with Gasteiger partial charge in [-0.3, -0.25) is 4.90 Å². The molecule has 0 bridgehead atoms. The van der Waals surface area contributed by atoms with Crippen molar-refractivity contribution in [3.8, 4) is 0 Å². The zero-order valence-corrected chi connectivity index (χ0v) is 10.5. The minimum absolute atomic E-state index is 0.685. The summed E-state index contributed by atoms with van der Waals surface area (Å²) in [5, 5.41) is 0. The predicted molar refractivity (Wildman–Crippen MR) is 70.4 cm³/mol. The van der Waals surface area contributed by atoms with E-state index in [-0.39, 0.29) is 0 Å². The van der Waals surface area contributed by atoms with Crippen LogP contribution in [0.15, 0.2) is 18.3 Å². The first-order chi connectivity index (χ1) is 8.29. The minimum Gasteiger partial charge on any atom is -0.308 e. The molecule has 94 valence electrons. The van der Waals surface area contributed by atoms with Crippen molar-refractivity contribution in [3.63, 3.8) is 0 Å². The van der Waals surface area contributed by atoms with Gasteiger partial charge in [-0.25, -0.2) is 10.8 Å². The average molecular weight is 234 g/mol. The lowest BCUT2D eigenvalue weighted by Gasteiger charge is -2.26. The lowest BCUT2D eigenvalue weighted by molar-refractivity contribution is 0.204. The van der Waals surface area contributed by atoms with E-state index in [2.05, 4.69) is 28.3 Å². The van der Waals surface area contributed by atoms with Crippen LogP contribution in [0.2, 0.25) is 0 Å². The molecule has 0 aromatic carbocycles. The molecule has 1 fully saturated rings. The maximum Gasteiger partial charge on any atom is 0.139 e. The quantitative estimate of drug-likeness (QED) is 0.621. The monoisotopic (exact) mass is 234 g/mol. The number of nitrogens with two attached hydrogens (primary N) is 1. The fourth-order valence-electron chi connectivity index (χ4n) is 2.41. The number of nitrogens with one attached hydrogen (secondary N) is 1. The summed E-state index contributed by atoms with van der Waals surface area (Å²) in [7, 11) is 0. The molecule has 0 aliphatic carbocycles. The lowest BCUT2D eigenvalue weighted by Crippen LogP contribution is -2.31. The van der Waals surface area contributed by atoms with Crippen LogP contribution in [0, 0.1) is 0 Å². The largest absolute Gasteiger partial charge is 0.308 e. The molecule has 1 atom stereocenters. The van der Waals surface area contributed by atoms with E-state index < -0.39 is 0 Å². The van der Waals surface area contributed by atoms with Crippen molar-refractivity contribution in [2.45, 2.75) is 45.2 Å². The highest BCUT2D eigenvalue weighted by atomic mass is 15.2. The zero-order chi connectivity index (χ0) is 12.1. The van der Waals surface area contributed by atoms with Crippen LogP contribution in [-0.2, 0) is 6.54 Å². The van der Waals surface area contributed by atoms with Gasteiger partial charge in [0.15, 0.2) is 0 Å². The Morgan fingerprint density at radius 1 is 1.41 bits per heavy atom. The Morgan fingerprint density at radius 3 is 3.00 bits per heavy atom. The molecule has 0 amide bonds.